The molecule has 0 spiro atoms. The number of hydrogen-bond donors (Lipinski definition) is 1. The summed E-state index contributed by atoms with van der Waals surface area (Å²) in [6, 6.07) is 13.0. The summed E-state index contributed by atoms with van der Waals surface area (Å²) in [6.07, 6.45) is 0. The maximum Gasteiger partial charge on any atom is 0.347 e. The number of rotatable bonds is 6. The maximum absolute atomic E-state index is 13.0. The molecule has 1 atom stereocenters. The number of ether oxygens (including phenoxy) is 1. The van der Waals surface area contributed by atoms with Crippen LogP contribution >= 0.6 is 11.6 Å². The molecule has 1 aliphatic rings. The van der Waals surface area contributed by atoms with Gasteiger partial charge in [0.2, 0.25) is 0 Å². The fourth-order valence-electron chi connectivity index (χ4n) is 3.12. The highest BCUT2D eigenvalue weighted by molar-refractivity contribution is 7.82. The van der Waals surface area contributed by atoms with Crippen molar-refractivity contribution in [3.8, 4) is 5.75 Å². The molecule has 8 heteroatoms. The van der Waals surface area contributed by atoms with Gasteiger partial charge in [-0.25, -0.2) is 13.3 Å². The number of halogens is 1. The van der Waals surface area contributed by atoms with Crippen LogP contribution in [0, 0.1) is 6.92 Å². The van der Waals surface area contributed by atoms with Gasteiger partial charge in [-0.05, 0) is 56.7 Å². The fourth-order valence-corrected chi connectivity index (χ4v) is 4.63. The van der Waals surface area contributed by atoms with E-state index in [1.54, 1.807) is 18.2 Å². The minimum atomic E-state index is -1.33. The molecule has 6 nitrogen and oxygen atoms in total. The molecule has 1 N–H and O–H groups in total. The van der Waals surface area contributed by atoms with Crippen molar-refractivity contribution < 1.29 is 18.8 Å². The highest BCUT2D eigenvalue weighted by Crippen LogP contribution is 2.28. The van der Waals surface area contributed by atoms with Crippen LogP contribution in [0.5, 0.6) is 5.75 Å². The summed E-state index contributed by atoms with van der Waals surface area (Å²) in [4.78, 5) is 14.2. The molecule has 0 saturated carbocycles. The Hall–Kier alpha value is -2.09. The molecule has 2 aromatic rings. The normalized spacial score (nSPS) is 16.5. The molecule has 0 aromatic heterocycles. The van der Waals surface area contributed by atoms with Crippen LogP contribution in [0.15, 0.2) is 47.4 Å². The lowest BCUT2D eigenvalue weighted by atomic mass is 10.1. The van der Waals surface area contributed by atoms with Crippen LogP contribution in [0.4, 0.5) is 5.69 Å². The Morgan fingerprint density at radius 3 is 2.38 bits per heavy atom. The van der Waals surface area contributed by atoms with E-state index < -0.39 is 22.6 Å². The van der Waals surface area contributed by atoms with E-state index >= 15 is 0 Å². The van der Waals surface area contributed by atoms with Crippen LogP contribution in [0.2, 0.25) is 5.02 Å². The van der Waals surface area contributed by atoms with Gasteiger partial charge in [-0.2, -0.15) is 0 Å². The first-order valence-electron chi connectivity index (χ1n) is 9.38. The number of aliphatic carboxylic acids is 1. The summed E-state index contributed by atoms with van der Waals surface area (Å²) in [5.74, 6) is -0.567. The van der Waals surface area contributed by atoms with Crippen LogP contribution in [0.25, 0.3) is 0 Å². The molecule has 1 fully saturated rings. The Bertz CT molecular complexity index is 927. The summed E-state index contributed by atoms with van der Waals surface area (Å²) in [5, 5.41) is 9.95. The van der Waals surface area contributed by atoms with Gasteiger partial charge in [0.05, 0.1) is 15.6 Å². The summed E-state index contributed by atoms with van der Waals surface area (Å²) >= 11 is 6.29. The van der Waals surface area contributed by atoms with Gasteiger partial charge in [0.15, 0.2) is 5.60 Å². The molecule has 1 unspecified atom stereocenters. The zero-order valence-electron chi connectivity index (χ0n) is 16.7. The average molecular weight is 437 g/mol. The SMILES string of the molecule is Cc1cc(S(=O)N2CCN(c3ccccc3Cl)CC2)ccc1OC(C)(C)C(=O)O. The third-order valence-electron chi connectivity index (χ3n) is 4.89. The molecule has 156 valence electrons. The number of piperazine rings is 1. The van der Waals surface area contributed by atoms with Crippen molar-refractivity contribution in [1.29, 1.82) is 0 Å². The van der Waals surface area contributed by atoms with Crippen molar-refractivity contribution >= 4 is 34.2 Å². The number of carboxylic acids is 1. The molecule has 1 saturated heterocycles. The molecule has 0 amide bonds. The smallest absolute Gasteiger partial charge is 0.347 e. The summed E-state index contributed by atoms with van der Waals surface area (Å²) in [6.45, 7) is 7.61. The molecular formula is C21H25ClN2O4S. The second kappa shape index (κ2) is 8.73. The predicted molar refractivity (Wildman–Crippen MR) is 115 cm³/mol. The van der Waals surface area contributed by atoms with Crippen LogP contribution < -0.4 is 9.64 Å². The highest BCUT2D eigenvalue weighted by Gasteiger charge is 2.30. The number of carbonyl (C=O) groups is 1. The Labute approximate surface area is 178 Å². The van der Waals surface area contributed by atoms with Crippen LogP contribution in [0.3, 0.4) is 0 Å². The first-order chi connectivity index (χ1) is 13.7. The van der Waals surface area contributed by atoms with Crippen molar-refractivity contribution in [2.24, 2.45) is 0 Å². The van der Waals surface area contributed by atoms with Crippen molar-refractivity contribution in [2.45, 2.75) is 31.3 Å². The topological polar surface area (TPSA) is 70.1 Å². The molecule has 2 aromatic carbocycles. The summed E-state index contributed by atoms with van der Waals surface area (Å²) in [7, 11) is -1.30. The standard InChI is InChI=1S/C21H25ClN2O4S/c1-15-14-16(8-9-19(15)28-21(2,3)20(25)26)29(27)24-12-10-23(11-13-24)18-7-5-4-6-17(18)22/h4-9,14H,10-13H2,1-3H3,(H,25,26). The number of aryl methyl sites for hydroxylation is 1. The first kappa shape index (κ1) is 21.6. The lowest BCUT2D eigenvalue weighted by Gasteiger charge is -2.35. The molecular weight excluding hydrogens is 412 g/mol. The van der Waals surface area contributed by atoms with Gasteiger partial charge < -0.3 is 14.7 Å². The van der Waals surface area contributed by atoms with Gasteiger partial charge >= 0.3 is 5.97 Å². The molecule has 3 rings (SSSR count). The minimum absolute atomic E-state index is 0.474. The zero-order valence-corrected chi connectivity index (χ0v) is 18.3. The lowest BCUT2D eigenvalue weighted by molar-refractivity contribution is -0.152. The lowest BCUT2D eigenvalue weighted by Crippen LogP contribution is -2.47. The van der Waals surface area contributed by atoms with Crippen LogP contribution in [-0.4, -0.2) is 51.4 Å². The number of anilines is 1. The van der Waals surface area contributed by atoms with Crippen LogP contribution in [-0.2, 0) is 15.8 Å². The maximum atomic E-state index is 13.0. The third-order valence-corrected chi connectivity index (χ3v) is 6.71. The average Bonchev–Trinajstić information content (AvgIpc) is 2.69. The molecule has 0 bridgehead atoms. The van der Waals surface area contributed by atoms with Gasteiger partial charge in [-0.15, -0.1) is 0 Å². The molecule has 1 heterocycles. The van der Waals surface area contributed by atoms with Crippen molar-refractivity contribution in [3.63, 3.8) is 0 Å². The number of benzene rings is 2. The quantitative estimate of drug-likeness (QED) is 0.747. The van der Waals surface area contributed by atoms with Crippen molar-refractivity contribution in [1.82, 2.24) is 4.31 Å². The number of para-hydroxylation sites is 1. The van der Waals surface area contributed by atoms with Gasteiger partial charge in [-0.3, -0.25) is 0 Å². The van der Waals surface area contributed by atoms with E-state index in [-0.39, 0.29) is 0 Å². The number of carboxylic acid groups (broad SMARTS) is 1. The largest absolute Gasteiger partial charge is 0.478 e. The number of hydrogen-bond acceptors (Lipinski definition) is 4. The van der Waals surface area contributed by atoms with Gasteiger partial charge in [0.25, 0.3) is 0 Å². The minimum Gasteiger partial charge on any atom is -0.478 e. The van der Waals surface area contributed by atoms with Crippen molar-refractivity contribution in [3.05, 3.63) is 53.1 Å². The fraction of sp³-hybridized carbons (Fsp3) is 0.381. The molecule has 0 radical (unpaired) electrons. The van der Waals surface area contributed by atoms with E-state index in [0.29, 0.717) is 23.7 Å². The second-order valence-corrected chi connectivity index (χ2v) is 9.35. The Kier molecular flexibility index (Phi) is 6.51. The van der Waals surface area contributed by atoms with E-state index in [0.717, 1.165) is 29.4 Å². The summed E-state index contributed by atoms with van der Waals surface area (Å²) in [5.41, 5.74) is 0.415. The Morgan fingerprint density at radius 2 is 1.79 bits per heavy atom. The zero-order chi connectivity index (χ0) is 21.2. The van der Waals surface area contributed by atoms with E-state index in [2.05, 4.69) is 4.90 Å². The first-order valence-corrected chi connectivity index (χ1v) is 10.9. The molecule has 1 aliphatic heterocycles. The predicted octanol–water partition coefficient (Wildman–Crippen LogP) is 3.74. The molecule has 0 aliphatic carbocycles. The van der Waals surface area contributed by atoms with E-state index in [1.807, 2.05) is 35.5 Å². The van der Waals surface area contributed by atoms with Crippen molar-refractivity contribution in [2.75, 3.05) is 31.1 Å². The number of nitrogens with zero attached hydrogens (tertiary/aromatic N) is 2. The monoisotopic (exact) mass is 436 g/mol. The highest BCUT2D eigenvalue weighted by atomic mass is 35.5. The van der Waals surface area contributed by atoms with E-state index in [1.165, 1.54) is 13.8 Å². The van der Waals surface area contributed by atoms with Gasteiger partial charge in [0.1, 0.15) is 16.7 Å². The summed E-state index contributed by atoms with van der Waals surface area (Å²) < 4.78 is 20.6. The van der Waals surface area contributed by atoms with Gasteiger partial charge in [0, 0.05) is 26.2 Å². The van der Waals surface area contributed by atoms with Gasteiger partial charge in [-0.1, -0.05) is 23.7 Å². The van der Waals surface area contributed by atoms with E-state index in [9.17, 15) is 14.1 Å². The van der Waals surface area contributed by atoms with E-state index in [4.69, 9.17) is 16.3 Å². The van der Waals surface area contributed by atoms with Crippen LogP contribution in [0.1, 0.15) is 19.4 Å². The second-order valence-electron chi connectivity index (χ2n) is 7.46. The Balaban J connectivity index is 1.66. The molecule has 29 heavy (non-hydrogen) atoms. The Morgan fingerprint density at radius 1 is 1.14 bits per heavy atom. The third kappa shape index (κ3) is 4.91.